The molecule has 0 saturated carbocycles. The maximum Gasteiger partial charge on any atom is 0.0354 e. The van der Waals surface area contributed by atoms with Crippen LogP contribution in [0.15, 0.2) is 10.3 Å². The van der Waals surface area contributed by atoms with E-state index in [0.717, 1.165) is 5.75 Å². The molecule has 0 atom stereocenters. The second-order valence-corrected chi connectivity index (χ2v) is 3.78. The van der Waals surface area contributed by atoms with E-state index in [9.17, 15) is 0 Å². The van der Waals surface area contributed by atoms with Crippen molar-refractivity contribution in [1.82, 2.24) is 0 Å². The van der Waals surface area contributed by atoms with Crippen molar-refractivity contribution in [3.63, 3.8) is 0 Å². The highest BCUT2D eigenvalue weighted by molar-refractivity contribution is 8.78. The van der Waals surface area contributed by atoms with Gasteiger partial charge in [-0.25, -0.2) is 0 Å². The van der Waals surface area contributed by atoms with Crippen LogP contribution in [0.25, 0.3) is 0 Å². The van der Waals surface area contributed by atoms with E-state index in [1.807, 2.05) is 10.8 Å². The van der Waals surface area contributed by atoms with E-state index in [2.05, 4.69) is 18.0 Å². The lowest BCUT2D eigenvalue weighted by molar-refractivity contribution is 1.79. The Morgan fingerprint density at radius 3 is 2.83 bits per heavy atom. The van der Waals surface area contributed by atoms with Crippen molar-refractivity contribution in [2.75, 3.05) is 5.75 Å². The second-order valence-electron chi connectivity index (χ2n) is 0.968. The van der Waals surface area contributed by atoms with Gasteiger partial charge in [-0.3, -0.25) is 0 Å². The fourth-order valence-electron chi connectivity index (χ4n) is 0.218. The molecule has 0 spiro atoms. The molecule has 0 aliphatic carbocycles. The van der Waals surface area contributed by atoms with E-state index in [0.29, 0.717) is 0 Å². The van der Waals surface area contributed by atoms with E-state index < -0.39 is 0 Å². The average Bonchev–Trinajstić information content (AvgIpc) is 1.86. The molecule has 34 valence electrons. The van der Waals surface area contributed by atoms with Gasteiger partial charge in [-0.15, -0.1) is 12.6 Å². The quantitative estimate of drug-likeness (QED) is 0.400. The Bertz CT molecular complexity index is 76.1. The molecular weight excluding hydrogens is 132 g/mol. The Balaban J connectivity index is 2.45. The molecule has 0 bridgehead atoms. The van der Waals surface area contributed by atoms with Crippen LogP contribution in [0, 0.1) is 0 Å². The Morgan fingerprint density at radius 1 is 1.83 bits per heavy atom. The van der Waals surface area contributed by atoms with Gasteiger partial charge in [0.15, 0.2) is 0 Å². The molecule has 0 saturated heterocycles. The standard InChI is InChI=1S/C3H4S3/c4-3-1-5-6-2-3/h1,4H,2H2. The van der Waals surface area contributed by atoms with Gasteiger partial charge < -0.3 is 0 Å². The van der Waals surface area contributed by atoms with Gasteiger partial charge in [0.1, 0.15) is 0 Å². The third kappa shape index (κ3) is 1.13. The minimum Gasteiger partial charge on any atom is -0.146 e. The highest BCUT2D eigenvalue weighted by atomic mass is 33.1. The van der Waals surface area contributed by atoms with Crippen LogP contribution in [0.1, 0.15) is 0 Å². The zero-order valence-electron chi connectivity index (χ0n) is 3.05. The van der Waals surface area contributed by atoms with E-state index >= 15 is 0 Å². The molecule has 0 N–H and O–H groups in total. The van der Waals surface area contributed by atoms with Gasteiger partial charge in [0.2, 0.25) is 0 Å². The molecule has 0 amide bonds. The van der Waals surface area contributed by atoms with Gasteiger partial charge in [-0.1, -0.05) is 21.6 Å². The highest BCUT2D eigenvalue weighted by Crippen LogP contribution is 2.34. The fraction of sp³-hybridized carbons (Fsp3) is 0.333. The molecule has 1 aliphatic rings. The predicted molar refractivity (Wildman–Crippen MR) is 37.1 cm³/mol. The van der Waals surface area contributed by atoms with Crippen molar-refractivity contribution in [2.24, 2.45) is 0 Å². The van der Waals surface area contributed by atoms with Gasteiger partial charge in [0.25, 0.3) is 0 Å². The molecule has 0 fully saturated rings. The lowest BCUT2D eigenvalue weighted by Crippen LogP contribution is -1.61. The monoisotopic (exact) mass is 136 g/mol. The fourth-order valence-corrected chi connectivity index (χ4v) is 2.82. The summed E-state index contributed by atoms with van der Waals surface area (Å²) >= 11 is 4.11. The number of thiol groups is 1. The van der Waals surface area contributed by atoms with Gasteiger partial charge in [-0.05, 0) is 10.3 Å². The maximum absolute atomic E-state index is 4.11. The first-order valence-electron chi connectivity index (χ1n) is 1.56. The van der Waals surface area contributed by atoms with Crippen LogP contribution in [0.4, 0.5) is 0 Å². The normalized spacial score (nSPS) is 21.2. The van der Waals surface area contributed by atoms with Crippen LogP contribution < -0.4 is 0 Å². The Hall–Kier alpha value is 0.790. The average molecular weight is 136 g/mol. The molecular formula is C3H4S3. The minimum absolute atomic E-state index is 1.09. The Kier molecular flexibility index (Phi) is 1.80. The SMILES string of the molecule is SC1=CSSC1. The number of hydrogen-bond acceptors (Lipinski definition) is 3. The highest BCUT2D eigenvalue weighted by Gasteiger charge is 1.97. The maximum atomic E-state index is 4.11. The Labute approximate surface area is 50.6 Å². The van der Waals surface area contributed by atoms with Crippen LogP contribution >= 0.6 is 34.2 Å². The topological polar surface area (TPSA) is 0 Å². The molecule has 1 rings (SSSR count). The summed E-state index contributed by atoms with van der Waals surface area (Å²) in [7, 11) is 3.59. The summed E-state index contributed by atoms with van der Waals surface area (Å²) in [6.07, 6.45) is 0. The summed E-state index contributed by atoms with van der Waals surface area (Å²) < 4.78 is 0. The smallest absolute Gasteiger partial charge is 0.0354 e. The molecule has 6 heavy (non-hydrogen) atoms. The van der Waals surface area contributed by atoms with Crippen LogP contribution in [0.3, 0.4) is 0 Å². The summed E-state index contributed by atoms with van der Waals surface area (Å²) in [6, 6.07) is 0. The summed E-state index contributed by atoms with van der Waals surface area (Å²) in [5, 5.41) is 2.06. The number of hydrogen-bond donors (Lipinski definition) is 1. The first kappa shape index (κ1) is 4.94. The summed E-state index contributed by atoms with van der Waals surface area (Å²) in [5.41, 5.74) is 0. The van der Waals surface area contributed by atoms with E-state index in [1.54, 1.807) is 10.8 Å². The first-order valence-corrected chi connectivity index (χ1v) is 4.39. The van der Waals surface area contributed by atoms with Gasteiger partial charge in [-0.2, -0.15) is 0 Å². The molecule has 0 unspecified atom stereocenters. The van der Waals surface area contributed by atoms with E-state index in [4.69, 9.17) is 0 Å². The summed E-state index contributed by atoms with van der Waals surface area (Å²) in [4.78, 5) is 1.20. The molecule has 0 aromatic rings. The summed E-state index contributed by atoms with van der Waals surface area (Å²) in [5.74, 6) is 1.09. The van der Waals surface area contributed by atoms with Crippen LogP contribution in [-0.4, -0.2) is 5.75 Å². The Morgan fingerprint density at radius 2 is 2.67 bits per heavy atom. The van der Waals surface area contributed by atoms with E-state index in [1.165, 1.54) is 4.91 Å². The number of rotatable bonds is 0. The molecule has 0 nitrogen and oxygen atoms in total. The molecule has 0 radical (unpaired) electrons. The van der Waals surface area contributed by atoms with E-state index in [-0.39, 0.29) is 0 Å². The molecule has 1 heterocycles. The molecule has 0 aromatic carbocycles. The van der Waals surface area contributed by atoms with Crippen LogP contribution in [0.2, 0.25) is 0 Å². The van der Waals surface area contributed by atoms with Gasteiger partial charge in [0, 0.05) is 5.75 Å². The largest absolute Gasteiger partial charge is 0.146 e. The van der Waals surface area contributed by atoms with Crippen molar-refractivity contribution in [3.8, 4) is 0 Å². The zero-order valence-corrected chi connectivity index (χ0v) is 5.58. The zero-order chi connectivity index (χ0) is 4.41. The van der Waals surface area contributed by atoms with Gasteiger partial charge in [0.05, 0.1) is 0 Å². The summed E-state index contributed by atoms with van der Waals surface area (Å²) in [6.45, 7) is 0. The van der Waals surface area contributed by atoms with Crippen molar-refractivity contribution >= 4 is 34.2 Å². The lowest BCUT2D eigenvalue weighted by atomic mass is 10.7. The van der Waals surface area contributed by atoms with Crippen molar-refractivity contribution < 1.29 is 0 Å². The van der Waals surface area contributed by atoms with Crippen LogP contribution in [-0.2, 0) is 0 Å². The minimum atomic E-state index is 1.09. The first-order chi connectivity index (χ1) is 2.89. The molecule has 0 aromatic heterocycles. The van der Waals surface area contributed by atoms with Crippen molar-refractivity contribution in [1.29, 1.82) is 0 Å². The third-order valence-corrected chi connectivity index (χ3v) is 3.13. The van der Waals surface area contributed by atoms with Gasteiger partial charge >= 0.3 is 0 Å². The molecule has 1 aliphatic heterocycles. The molecule has 3 heteroatoms. The lowest BCUT2D eigenvalue weighted by Gasteiger charge is -1.76. The predicted octanol–water partition coefficient (Wildman–Crippen LogP) is 2.15. The third-order valence-electron chi connectivity index (χ3n) is 0.459. The second kappa shape index (κ2) is 2.19. The van der Waals surface area contributed by atoms with Crippen molar-refractivity contribution in [3.05, 3.63) is 10.3 Å². The van der Waals surface area contributed by atoms with Crippen molar-refractivity contribution in [2.45, 2.75) is 0 Å². The van der Waals surface area contributed by atoms with Crippen LogP contribution in [0.5, 0.6) is 0 Å².